The van der Waals surface area contributed by atoms with Crippen LogP contribution in [0, 0.1) is 11.3 Å². The van der Waals surface area contributed by atoms with Crippen molar-refractivity contribution >= 4 is 5.91 Å². The van der Waals surface area contributed by atoms with Crippen LogP contribution in [0.3, 0.4) is 0 Å². The summed E-state index contributed by atoms with van der Waals surface area (Å²) in [4.78, 5) is 21.5. The Hall–Kier alpha value is -3.53. The van der Waals surface area contributed by atoms with Gasteiger partial charge < -0.3 is 9.84 Å². The van der Waals surface area contributed by atoms with Gasteiger partial charge in [0.2, 0.25) is 5.82 Å². The molecule has 0 unspecified atom stereocenters. The molecular formula is C21H19N5O2. The van der Waals surface area contributed by atoms with Gasteiger partial charge in [-0.3, -0.25) is 9.78 Å². The number of hydrogen-bond acceptors (Lipinski definition) is 6. The third-order valence-corrected chi connectivity index (χ3v) is 5.09. The normalized spacial score (nSPS) is 15.5. The van der Waals surface area contributed by atoms with Crippen LogP contribution in [0.5, 0.6) is 0 Å². The summed E-state index contributed by atoms with van der Waals surface area (Å²) in [5.74, 6) is 0.648. The second-order valence-corrected chi connectivity index (χ2v) is 6.95. The molecule has 1 aliphatic carbocycles. The van der Waals surface area contributed by atoms with E-state index in [1.54, 1.807) is 36.7 Å². The third kappa shape index (κ3) is 3.49. The van der Waals surface area contributed by atoms with Crippen molar-refractivity contribution in [2.45, 2.75) is 37.6 Å². The smallest absolute Gasteiger partial charge is 0.252 e. The lowest BCUT2D eigenvalue weighted by Gasteiger charge is -2.34. The first-order valence-corrected chi connectivity index (χ1v) is 9.27. The molecule has 1 aliphatic rings. The number of pyridine rings is 1. The van der Waals surface area contributed by atoms with Crippen molar-refractivity contribution in [3.05, 3.63) is 65.8 Å². The average Bonchev–Trinajstić information content (AvgIpc) is 3.26. The van der Waals surface area contributed by atoms with E-state index in [0.29, 0.717) is 22.8 Å². The highest BCUT2D eigenvalue weighted by Gasteiger charge is 2.41. The van der Waals surface area contributed by atoms with Crippen molar-refractivity contribution in [2.24, 2.45) is 0 Å². The van der Waals surface area contributed by atoms with Crippen LogP contribution < -0.4 is 5.32 Å². The summed E-state index contributed by atoms with van der Waals surface area (Å²) in [5.41, 5.74) is 1.00. The summed E-state index contributed by atoms with van der Waals surface area (Å²) in [7, 11) is 0. The van der Waals surface area contributed by atoms with Gasteiger partial charge in [0.25, 0.3) is 11.8 Å². The Bertz CT molecular complexity index is 1020. The largest absolute Gasteiger partial charge is 0.338 e. The molecule has 140 valence electrons. The van der Waals surface area contributed by atoms with Gasteiger partial charge in [-0.1, -0.05) is 30.5 Å². The maximum Gasteiger partial charge on any atom is 0.252 e. The van der Waals surface area contributed by atoms with Gasteiger partial charge in [-0.25, -0.2) is 0 Å². The summed E-state index contributed by atoms with van der Waals surface area (Å²) < 4.78 is 5.59. The van der Waals surface area contributed by atoms with Crippen LogP contribution in [-0.4, -0.2) is 21.0 Å². The molecule has 0 bridgehead atoms. The molecule has 0 saturated heterocycles. The molecule has 1 amide bonds. The minimum atomic E-state index is -0.698. The molecule has 1 N–H and O–H groups in total. The Balaban J connectivity index is 1.65. The molecule has 1 fully saturated rings. The molecule has 1 aromatic carbocycles. The fraction of sp³-hybridized carbons (Fsp3) is 0.286. The van der Waals surface area contributed by atoms with Crippen LogP contribution in [0.1, 0.15) is 53.9 Å². The summed E-state index contributed by atoms with van der Waals surface area (Å²) in [6.45, 7) is 0. The van der Waals surface area contributed by atoms with Crippen LogP contribution in [0.15, 0.2) is 53.3 Å². The zero-order chi connectivity index (χ0) is 19.4. The van der Waals surface area contributed by atoms with E-state index >= 15 is 0 Å². The average molecular weight is 373 g/mol. The summed E-state index contributed by atoms with van der Waals surface area (Å²) in [5, 5.41) is 16.3. The minimum Gasteiger partial charge on any atom is -0.338 e. The summed E-state index contributed by atoms with van der Waals surface area (Å²) in [6.07, 6.45) is 7.84. The number of amides is 1. The van der Waals surface area contributed by atoms with E-state index in [9.17, 15) is 4.79 Å². The molecule has 28 heavy (non-hydrogen) atoms. The topological polar surface area (TPSA) is 105 Å². The molecular weight excluding hydrogens is 354 g/mol. The summed E-state index contributed by atoms with van der Waals surface area (Å²) in [6, 6.07) is 12.3. The quantitative estimate of drug-likeness (QED) is 0.749. The van der Waals surface area contributed by atoms with E-state index in [4.69, 9.17) is 9.78 Å². The van der Waals surface area contributed by atoms with Gasteiger partial charge in [0.15, 0.2) is 0 Å². The summed E-state index contributed by atoms with van der Waals surface area (Å²) >= 11 is 0. The van der Waals surface area contributed by atoms with Crippen molar-refractivity contribution in [3.8, 4) is 17.5 Å². The molecule has 3 aromatic rings. The number of benzene rings is 1. The second kappa shape index (κ2) is 7.61. The van der Waals surface area contributed by atoms with Crippen LogP contribution in [0.2, 0.25) is 0 Å². The number of aromatic nitrogens is 3. The van der Waals surface area contributed by atoms with Gasteiger partial charge in [-0.15, -0.1) is 0 Å². The van der Waals surface area contributed by atoms with Crippen molar-refractivity contribution in [2.75, 3.05) is 0 Å². The standard InChI is InChI=1S/C21H19N5O2/c22-14-15-5-4-6-17(13-15)19(27)25-21(9-2-1-3-10-21)20-24-18(26-28-20)16-7-11-23-12-8-16/h4-8,11-13H,1-3,9-10H2,(H,25,27). The lowest BCUT2D eigenvalue weighted by Crippen LogP contribution is -2.47. The first-order valence-electron chi connectivity index (χ1n) is 9.27. The number of carbonyl (C=O) groups excluding carboxylic acids is 1. The van der Waals surface area contributed by atoms with Gasteiger partial charge in [-0.2, -0.15) is 10.2 Å². The molecule has 2 aromatic heterocycles. The Kier molecular flexibility index (Phi) is 4.85. The van der Waals surface area contributed by atoms with Gasteiger partial charge in [0.1, 0.15) is 5.54 Å². The molecule has 2 heterocycles. The minimum absolute atomic E-state index is 0.248. The SMILES string of the molecule is N#Cc1cccc(C(=O)NC2(c3nc(-c4ccncc4)no3)CCCCC2)c1. The molecule has 0 aliphatic heterocycles. The lowest BCUT2D eigenvalue weighted by atomic mass is 9.81. The van der Waals surface area contributed by atoms with Crippen LogP contribution in [0.25, 0.3) is 11.4 Å². The van der Waals surface area contributed by atoms with Crippen molar-refractivity contribution < 1.29 is 9.32 Å². The molecule has 0 spiro atoms. The van der Waals surface area contributed by atoms with Crippen LogP contribution in [0.4, 0.5) is 0 Å². The second-order valence-electron chi connectivity index (χ2n) is 6.95. The Morgan fingerprint density at radius 3 is 2.68 bits per heavy atom. The fourth-order valence-electron chi connectivity index (χ4n) is 3.60. The molecule has 7 nitrogen and oxygen atoms in total. The van der Waals surface area contributed by atoms with Crippen molar-refractivity contribution in [1.82, 2.24) is 20.4 Å². The predicted octanol–water partition coefficient (Wildman–Crippen LogP) is 3.59. The molecule has 1 saturated carbocycles. The van der Waals surface area contributed by atoms with Gasteiger partial charge in [-0.05, 0) is 43.2 Å². The number of nitrogens with one attached hydrogen (secondary N) is 1. The number of nitrogens with zero attached hydrogens (tertiary/aromatic N) is 4. The maximum absolute atomic E-state index is 12.9. The van der Waals surface area contributed by atoms with Crippen molar-refractivity contribution in [3.63, 3.8) is 0 Å². The van der Waals surface area contributed by atoms with Gasteiger partial charge in [0, 0.05) is 23.5 Å². The van der Waals surface area contributed by atoms with E-state index in [1.807, 2.05) is 12.1 Å². The van der Waals surface area contributed by atoms with Crippen LogP contribution in [-0.2, 0) is 5.54 Å². The van der Waals surface area contributed by atoms with E-state index in [1.165, 1.54) is 0 Å². The monoisotopic (exact) mass is 373 g/mol. The Labute approximate surface area is 162 Å². The van der Waals surface area contributed by atoms with Crippen molar-refractivity contribution in [1.29, 1.82) is 5.26 Å². The van der Waals surface area contributed by atoms with E-state index < -0.39 is 5.54 Å². The first-order chi connectivity index (χ1) is 13.7. The van der Waals surface area contributed by atoms with Gasteiger partial charge in [0.05, 0.1) is 11.6 Å². The highest BCUT2D eigenvalue weighted by atomic mass is 16.5. The highest BCUT2D eigenvalue weighted by molar-refractivity contribution is 5.95. The number of rotatable bonds is 4. The number of hydrogen-bond donors (Lipinski definition) is 1. The van der Waals surface area contributed by atoms with Gasteiger partial charge >= 0.3 is 0 Å². The van der Waals surface area contributed by atoms with E-state index in [0.717, 1.165) is 37.7 Å². The number of nitriles is 1. The van der Waals surface area contributed by atoms with Crippen LogP contribution >= 0.6 is 0 Å². The Morgan fingerprint density at radius 2 is 1.93 bits per heavy atom. The first kappa shape index (κ1) is 17.9. The predicted molar refractivity (Wildman–Crippen MR) is 101 cm³/mol. The molecule has 0 atom stereocenters. The fourth-order valence-corrected chi connectivity index (χ4v) is 3.60. The maximum atomic E-state index is 12.9. The Morgan fingerprint density at radius 1 is 1.14 bits per heavy atom. The van der Waals surface area contributed by atoms with E-state index in [2.05, 4.69) is 26.5 Å². The molecule has 7 heteroatoms. The molecule has 0 radical (unpaired) electrons. The lowest BCUT2D eigenvalue weighted by molar-refractivity contribution is 0.0824. The molecule has 4 rings (SSSR count). The highest BCUT2D eigenvalue weighted by Crippen LogP contribution is 2.37. The zero-order valence-corrected chi connectivity index (χ0v) is 15.3. The zero-order valence-electron chi connectivity index (χ0n) is 15.3. The third-order valence-electron chi connectivity index (χ3n) is 5.09. The number of carbonyl (C=O) groups is 1. The van der Waals surface area contributed by atoms with E-state index in [-0.39, 0.29) is 5.91 Å².